The molecule has 1 aromatic carbocycles. The molecule has 0 aliphatic carbocycles. The molecule has 0 radical (unpaired) electrons. The molecule has 4 nitrogen and oxygen atoms in total. The number of piperidine rings is 1. The fraction of sp³-hybridized carbons (Fsp3) is 0.714. The molecule has 1 unspecified atom stereocenters. The molecule has 2 aliphatic heterocycles. The summed E-state index contributed by atoms with van der Waals surface area (Å²) in [5.41, 5.74) is 2.84. The predicted octanol–water partition coefficient (Wildman–Crippen LogP) is 2.97. The van der Waals surface area contributed by atoms with Crippen molar-refractivity contribution in [1.82, 2.24) is 15.1 Å². The van der Waals surface area contributed by atoms with Crippen molar-refractivity contribution < 1.29 is 0 Å². The summed E-state index contributed by atoms with van der Waals surface area (Å²) in [5, 5.41) is 3.50. The maximum absolute atomic E-state index is 3.50. The van der Waals surface area contributed by atoms with Gasteiger partial charge in [-0.05, 0) is 57.5 Å². The Morgan fingerprint density at radius 1 is 0.920 bits per heavy atom. The lowest BCUT2D eigenvalue weighted by atomic mass is 10.0. The number of anilines is 1. The number of hydrogen-bond donors (Lipinski definition) is 1. The Hall–Kier alpha value is -1.10. The van der Waals surface area contributed by atoms with Gasteiger partial charge in [0, 0.05) is 57.5 Å². The van der Waals surface area contributed by atoms with E-state index in [1.165, 1.54) is 50.1 Å². The Kier molecular flexibility index (Phi) is 7.14. The Morgan fingerprint density at radius 2 is 1.56 bits per heavy atom. The molecule has 0 spiro atoms. The highest BCUT2D eigenvalue weighted by atomic mass is 15.3. The molecule has 2 aliphatic rings. The number of rotatable bonds is 7. The summed E-state index contributed by atoms with van der Waals surface area (Å²) in [6, 6.07) is 9.95. The van der Waals surface area contributed by atoms with E-state index in [9.17, 15) is 0 Å². The minimum atomic E-state index is 0.533. The van der Waals surface area contributed by atoms with Crippen LogP contribution in [0.1, 0.15) is 44.7 Å². The largest absolute Gasteiger partial charge is 0.372 e. The molecular weight excluding hydrogens is 308 g/mol. The Bertz CT molecular complexity index is 485. The van der Waals surface area contributed by atoms with E-state index in [2.05, 4.69) is 58.1 Å². The summed E-state index contributed by atoms with van der Waals surface area (Å²) in [5.74, 6) is 0. The van der Waals surface area contributed by atoms with Crippen molar-refractivity contribution in [1.29, 1.82) is 0 Å². The normalized spacial score (nSPS) is 21.2. The van der Waals surface area contributed by atoms with Crippen LogP contribution in [0, 0.1) is 0 Å². The van der Waals surface area contributed by atoms with Crippen molar-refractivity contribution in [3.63, 3.8) is 0 Å². The van der Waals surface area contributed by atoms with E-state index in [-0.39, 0.29) is 0 Å². The van der Waals surface area contributed by atoms with Gasteiger partial charge in [-0.3, -0.25) is 4.90 Å². The Labute approximate surface area is 154 Å². The smallest absolute Gasteiger partial charge is 0.0476 e. The van der Waals surface area contributed by atoms with Crippen LogP contribution in [0.2, 0.25) is 0 Å². The molecule has 1 N–H and O–H groups in total. The average molecular weight is 345 g/mol. The molecule has 0 amide bonds. The predicted molar refractivity (Wildman–Crippen MR) is 107 cm³/mol. The van der Waals surface area contributed by atoms with Gasteiger partial charge in [-0.2, -0.15) is 0 Å². The average Bonchev–Trinajstić information content (AvgIpc) is 2.69. The molecule has 3 rings (SSSR count). The van der Waals surface area contributed by atoms with E-state index in [0.717, 1.165) is 39.3 Å². The highest BCUT2D eigenvalue weighted by Gasteiger charge is 2.25. The Morgan fingerprint density at radius 3 is 2.16 bits per heavy atom. The van der Waals surface area contributed by atoms with Gasteiger partial charge in [-0.1, -0.05) is 18.6 Å². The molecule has 0 aromatic heterocycles. The summed E-state index contributed by atoms with van der Waals surface area (Å²) >= 11 is 0. The van der Waals surface area contributed by atoms with Gasteiger partial charge in [0.25, 0.3) is 0 Å². The molecule has 1 aromatic rings. The quantitative estimate of drug-likeness (QED) is 0.821. The highest BCUT2D eigenvalue weighted by Crippen LogP contribution is 2.26. The molecule has 2 fully saturated rings. The monoisotopic (exact) mass is 344 g/mol. The zero-order valence-electron chi connectivity index (χ0n) is 16.2. The van der Waals surface area contributed by atoms with Crippen molar-refractivity contribution in [3.8, 4) is 0 Å². The summed E-state index contributed by atoms with van der Waals surface area (Å²) in [6.45, 7) is 14.9. The maximum atomic E-state index is 3.50. The summed E-state index contributed by atoms with van der Waals surface area (Å²) < 4.78 is 0. The van der Waals surface area contributed by atoms with Gasteiger partial charge < -0.3 is 15.1 Å². The van der Waals surface area contributed by atoms with Crippen LogP contribution in [-0.4, -0.2) is 68.7 Å². The number of piperazine rings is 1. The van der Waals surface area contributed by atoms with Crippen LogP contribution in [-0.2, 0) is 0 Å². The zero-order valence-corrected chi connectivity index (χ0v) is 16.2. The zero-order chi connectivity index (χ0) is 17.5. The number of benzene rings is 1. The second kappa shape index (κ2) is 9.56. The Balaban J connectivity index is 1.75. The van der Waals surface area contributed by atoms with E-state index in [4.69, 9.17) is 0 Å². The second-order valence-corrected chi connectivity index (χ2v) is 7.43. The molecule has 1 atom stereocenters. The van der Waals surface area contributed by atoms with Crippen LogP contribution >= 0.6 is 0 Å². The first-order valence-electron chi connectivity index (χ1n) is 10.3. The summed E-state index contributed by atoms with van der Waals surface area (Å²) in [4.78, 5) is 7.81. The van der Waals surface area contributed by atoms with Gasteiger partial charge in [-0.15, -0.1) is 0 Å². The molecule has 2 saturated heterocycles. The third-order valence-electron chi connectivity index (χ3n) is 5.88. The number of nitrogens with zero attached hydrogens (tertiary/aromatic N) is 3. The van der Waals surface area contributed by atoms with E-state index >= 15 is 0 Å². The molecule has 25 heavy (non-hydrogen) atoms. The lowest BCUT2D eigenvalue weighted by Crippen LogP contribution is -2.48. The molecule has 0 saturated carbocycles. The van der Waals surface area contributed by atoms with Crippen LogP contribution in [0.15, 0.2) is 24.3 Å². The number of likely N-dealkylation sites (tertiary alicyclic amines) is 1. The van der Waals surface area contributed by atoms with Crippen molar-refractivity contribution >= 4 is 5.69 Å². The van der Waals surface area contributed by atoms with Crippen molar-refractivity contribution in [2.24, 2.45) is 0 Å². The fourth-order valence-corrected chi connectivity index (χ4v) is 4.31. The van der Waals surface area contributed by atoms with Crippen LogP contribution in [0.5, 0.6) is 0 Å². The van der Waals surface area contributed by atoms with Gasteiger partial charge in [0.1, 0.15) is 0 Å². The summed E-state index contributed by atoms with van der Waals surface area (Å²) in [6.07, 6.45) is 4.15. The van der Waals surface area contributed by atoms with Crippen LogP contribution in [0.3, 0.4) is 0 Å². The van der Waals surface area contributed by atoms with Gasteiger partial charge in [0.2, 0.25) is 0 Å². The lowest BCUT2D eigenvalue weighted by Gasteiger charge is -2.39. The molecule has 2 heterocycles. The third kappa shape index (κ3) is 4.96. The van der Waals surface area contributed by atoms with Crippen LogP contribution in [0.25, 0.3) is 0 Å². The first-order chi connectivity index (χ1) is 12.3. The maximum Gasteiger partial charge on any atom is 0.0476 e. The molecule has 140 valence electrons. The van der Waals surface area contributed by atoms with Gasteiger partial charge in [0.15, 0.2) is 0 Å². The lowest BCUT2D eigenvalue weighted by molar-refractivity contribution is 0.114. The second-order valence-electron chi connectivity index (χ2n) is 7.43. The minimum Gasteiger partial charge on any atom is -0.372 e. The topological polar surface area (TPSA) is 21.8 Å². The van der Waals surface area contributed by atoms with E-state index in [0.29, 0.717) is 6.04 Å². The van der Waals surface area contributed by atoms with Gasteiger partial charge >= 0.3 is 0 Å². The van der Waals surface area contributed by atoms with E-state index in [1.807, 2.05) is 0 Å². The number of nitrogens with one attached hydrogen (secondary N) is 1. The standard InChI is InChI=1S/C21H36N4/c1-3-24(4-2)20-10-8-19(9-11-20)21(25-16-12-22-13-17-25)18-23-14-6-5-7-15-23/h8-11,21-22H,3-7,12-18H2,1-2H3. The molecule has 4 heteroatoms. The van der Waals surface area contributed by atoms with Gasteiger partial charge in [-0.25, -0.2) is 0 Å². The van der Waals surface area contributed by atoms with E-state index < -0.39 is 0 Å². The molecular formula is C21H36N4. The van der Waals surface area contributed by atoms with Crippen molar-refractivity contribution in [2.45, 2.75) is 39.2 Å². The van der Waals surface area contributed by atoms with E-state index in [1.54, 1.807) is 0 Å². The minimum absolute atomic E-state index is 0.533. The fourth-order valence-electron chi connectivity index (χ4n) is 4.31. The van der Waals surface area contributed by atoms with Crippen LogP contribution in [0.4, 0.5) is 5.69 Å². The first-order valence-corrected chi connectivity index (χ1v) is 10.3. The first kappa shape index (κ1) is 18.7. The van der Waals surface area contributed by atoms with Crippen molar-refractivity contribution in [2.75, 3.05) is 63.8 Å². The third-order valence-corrected chi connectivity index (χ3v) is 5.88. The van der Waals surface area contributed by atoms with Crippen molar-refractivity contribution in [3.05, 3.63) is 29.8 Å². The highest BCUT2D eigenvalue weighted by molar-refractivity contribution is 5.47. The summed E-state index contributed by atoms with van der Waals surface area (Å²) in [7, 11) is 0. The van der Waals surface area contributed by atoms with Crippen LogP contribution < -0.4 is 10.2 Å². The molecule has 0 bridgehead atoms. The van der Waals surface area contributed by atoms with Gasteiger partial charge in [0.05, 0.1) is 0 Å². The number of hydrogen-bond acceptors (Lipinski definition) is 4. The SMILES string of the molecule is CCN(CC)c1ccc(C(CN2CCCCC2)N2CCNCC2)cc1.